The van der Waals surface area contributed by atoms with Gasteiger partial charge in [-0.1, -0.05) is 29.3 Å². The lowest BCUT2D eigenvalue weighted by Crippen LogP contribution is -2.37. The molecule has 0 saturated carbocycles. The lowest BCUT2D eigenvalue weighted by molar-refractivity contribution is 0.0369. The van der Waals surface area contributed by atoms with E-state index in [9.17, 15) is 9.59 Å². The van der Waals surface area contributed by atoms with Gasteiger partial charge in [0.2, 0.25) is 0 Å². The predicted octanol–water partition coefficient (Wildman–Crippen LogP) is 5.96. The number of rotatable bonds is 7. The molecule has 9 heteroatoms. The third-order valence-corrected chi connectivity index (χ3v) is 7.42. The number of nitrogens with zero attached hydrogens (tertiary/aromatic N) is 3. The molecular formula is C30H30Cl2N4O3. The van der Waals surface area contributed by atoms with E-state index in [1.54, 1.807) is 18.2 Å². The number of benzene rings is 2. The van der Waals surface area contributed by atoms with Crippen molar-refractivity contribution in [3.05, 3.63) is 91.9 Å². The van der Waals surface area contributed by atoms with E-state index in [0.717, 1.165) is 67.0 Å². The van der Waals surface area contributed by atoms with Crippen LogP contribution in [0.1, 0.15) is 28.0 Å². The summed E-state index contributed by atoms with van der Waals surface area (Å²) in [7, 11) is 0. The van der Waals surface area contributed by atoms with Crippen LogP contribution in [-0.4, -0.2) is 53.2 Å². The molecule has 1 aliphatic rings. The van der Waals surface area contributed by atoms with Crippen LogP contribution in [0.25, 0.3) is 22.0 Å². The van der Waals surface area contributed by atoms with Gasteiger partial charge in [-0.05, 0) is 73.9 Å². The summed E-state index contributed by atoms with van der Waals surface area (Å²) in [6.45, 7) is 8.71. The Bertz CT molecular complexity index is 1580. The highest BCUT2D eigenvalue weighted by molar-refractivity contribution is 6.35. The average Bonchev–Trinajstić information content (AvgIpc) is 2.91. The number of aromatic nitrogens is 2. The number of carbonyl (C=O) groups excluding carboxylic acids is 1. The summed E-state index contributed by atoms with van der Waals surface area (Å²) in [5.41, 5.74) is 4.84. The third-order valence-electron chi connectivity index (χ3n) is 6.98. The first-order valence-corrected chi connectivity index (χ1v) is 13.7. The largest absolute Gasteiger partial charge is 0.379 e. The van der Waals surface area contributed by atoms with E-state index < -0.39 is 0 Å². The summed E-state index contributed by atoms with van der Waals surface area (Å²) >= 11 is 12.2. The topological polar surface area (TPSA) is 76.5 Å². The average molecular weight is 566 g/mol. The number of hydrogen-bond donors (Lipinski definition) is 1. The van der Waals surface area contributed by atoms with Gasteiger partial charge >= 0.3 is 0 Å². The molecule has 202 valence electrons. The highest BCUT2D eigenvalue weighted by atomic mass is 35.5. The molecule has 5 rings (SSSR count). The number of fused-ring (bicyclic) bond motifs is 1. The third kappa shape index (κ3) is 6.34. The highest BCUT2D eigenvalue weighted by Crippen LogP contribution is 2.28. The van der Waals surface area contributed by atoms with Crippen molar-refractivity contribution in [2.75, 3.05) is 38.2 Å². The molecule has 0 spiro atoms. The molecule has 0 atom stereocenters. The Morgan fingerprint density at radius 1 is 0.974 bits per heavy atom. The zero-order valence-corrected chi connectivity index (χ0v) is 23.5. The fourth-order valence-corrected chi connectivity index (χ4v) is 5.47. The second-order valence-electron chi connectivity index (χ2n) is 9.85. The molecule has 0 unspecified atom stereocenters. The van der Waals surface area contributed by atoms with Crippen LogP contribution in [0, 0.1) is 13.8 Å². The van der Waals surface area contributed by atoms with Gasteiger partial charge in [0.25, 0.3) is 11.5 Å². The van der Waals surface area contributed by atoms with E-state index in [2.05, 4.69) is 15.2 Å². The minimum Gasteiger partial charge on any atom is -0.379 e. The molecule has 1 amide bonds. The molecular weight excluding hydrogens is 535 g/mol. The van der Waals surface area contributed by atoms with Crippen LogP contribution < -0.4 is 10.9 Å². The Labute approximate surface area is 237 Å². The molecule has 39 heavy (non-hydrogen) atoms. The van der Waals surface area contributed by atoms with Gasteiger partial charge in [-0.25, -0.2) is 0 Å². The minimum atomic E-state index is -0.340. The van der Waals surface area contributed by atoms with Crippen LogP contribution in [-0.2, 0) is 11.3 Å². The van der Waals surface area contributed by atoms with Crippen LogP contribution in [0.15, 0.2) is 59.5 Å². The van der Waals surface area contributed by atoms with Crippen LogP contribution in [0.4, 0.5) is 5.69 Å². The van der Waals surface area contributed by atoms with Crippen molar-refractivity contribution in [3.8, 4) is 11.1 Å². The number of carbonyl (C=O) groups is 1. The van der Waals surface area contributed by atoms with Crippen molar-refractivity contribution in [1.29, 1.82) is 0 Å². The van der Waals surface area contributed by atoms with E-state index in [-0.39, 0.29) is 11.5 Å². The standard InChI is InChI=1S/C30H30Cl2N4O3/c1-19-4-5-25(34-29(37)21-13-23(31)16-24(32)14-21)17-26(19)27-15-22-18-33-20(2)12-28(22)36(30(27)38)7-3-6-35-8-10-39-11-9-35/h4-5,12-18H,3,6-11H2,1-2H3,(H,34,37). The van der Waals surface area contributed by atoms with Gasteiger partial charge in [-0.15, -0.1) is 0 Å². The summed E-state index contributed by atoms with van der Waals surface area (Å²) in [5.74, 6) is -0.340. The van der Waals surface area contributed by atoms with Crippen molar-refractivity contribution in [1.82, 2.24) is 14.5 Å². The normalized spacial score (nSPS) is 14.1. The highest BCUT2D eigenvalue weighted by Gasteiger charge is 2.16. The summed E-state index contributed by atoms with van der Waals surface area (Å²) in [4.78, 5) is 33.7. The van der Waals surface area contributed by atoms with Crippen molar-refractivity contribution >= 4 is 45.7 Å². The van der Waals surface area contributed by atoms with Crippen LogP contribution in [0.3, 0.4) is 0 Å². The van der Waals surface area contributed by atoms with E-state index >= 15 is 0 Å². The Morgan fingerprint density at radius 2 is 1.72 bits per heavy atom. The zero-order chi connectivity index (χ0) is 27.5. The molecule has 1 saturated heterocycles. The number of hydrogen-bond acceptors (Lipinski definition) is 5. The molecule has 1 fully saturated rings. The summed E-state index contributed by atoms with van der Waals surface area (Å²) in [6.07, 6.45) is 2.66. The van der Waals surface area contributed by atoms with E-state index in [1.165, 1.54) is 0 Å². The Kier molecular flexibility index (Phi) is 8.33. The number of ether oxygens (including phenoxy) is 1. The number of halogens is 2. The maximum atomic E-state index is 14.0. The first-order valence-electron chi connectivity index (χ1n) is 13.0. The molecule has 1 aliphatic heterocycles. The van der Waals surface area contributed by atoms with Gasteiger partial charge < -0.3 is 14.6 Å². The molecule has 0 radical (unpaired) electrons. The molecule has 1 N–H and O–H groups in total. The number of amides is 1. The fourth-order valence-electron chi connectivity index (χ4n) is 4.94. The van der Waals surface area contributed by atoms with E-state index in [1.807, 2.05) is 54.9 Å². The fraction of sp³-hybridized carbons (Fsp3) is 0.300. The second-order valence-corrected chi connectivity index (χ2v) is 10.7. The molecule has 4 aromatic rings. The summed E-state index contributed by atoms with van der Waals surface area (Å²) in [6, 6.07) is 14.1. The van der Waals surface area contributed by atoms with E-state index in [4.69, 9.17) is 27.9 Å². The van der Waals surface area contributed by atoms with Gasteiger partial charge in [0, 0.05) is 70.3 Å². The summed E-state index contributed by atoms with van der Waals surface area (Å²) in [5, 5.41) is 4.56. The Hall–Kier alpha value is -3.23. The molecule has 2 aromatic carbocycles. The van der Waals surface area contributed by atoms with Gasteiger partial charge in [0.1, 0.15) is 0 Å². The Balaban J connectivity index is 1.48. The number of morpholine rings is 1. The quantitative estimate of drug-likeness (QED) is 0.299. The van der Waals surface area contributed by atoms with Crippen molar-refractivity contribution in [2.45, 2.75) is 26.8 Å². The predicted molar refractivity (Wildman–Crippen MR) is 157 cm³/mol. The molecule has 0 aliphatic carbocycles. The van der Waals surface area contributed by atoms with Crippen LogP contribution in [0.5, 0.6) is 0 Å². The monoisotopic (exact) mass is 564 g/mol. The Morgan fingerprint density at radius 3 is 2.46 bits per heavy atom. The van der Waals surface area contributed by atoms with Gasteiger partial charge in [0.15, 0.2) is 0 Å². The second kappa shape index (κ2) is 11.9. The maximum Gasteiger partial charge on any atom is 0.258 e. The van der Waals surface area contributed by atoms with Crippen LogP contribution >= 0.6 is 23.2 Å². The van der Waals surface area contributed by atoms with Gasteiger partial charge in [-0.3, -0.25) is 19.5 Å². The number of nitrogens with one attached hydrogen (secondary N) is 1. The molecule has 0 bridgehead atoms. The minimum absolute atomic E-state index is 0.0664. The number of anilines is 1. The first kappa shape index (κ1) is 27.3. The zero-order valence-electron chi connectivity index (χ0n) is 22.0. The first-order chi connectivity index (χ1) is 18.8. The maximum absolute atomic E-state index is 14.0. The van der Waals surface area contributed by atoms with Gasteiger partial charge in [0.05, 0.1) is 18.7 Å². The SMILES string of the molecule is Cc1cc2c(cn1)cc(-c1cc(NC(=O)c3cc(Cl)cc(Cl)c3)ccc1C)c(=O)n2CCCN1CCOCC1. The lowest BCUT2D eigenvalue weighted by atomic mass is 9.99. The van der Waals surface area contributed by atoms with Crippen molar-refractivity contribution in [2.24, 2.45) is 0 Å². The smallest absolute Gasteiger partial charge is 0.258 e. The van der Waals surface area contributed by atoms with Crippen molar-refractivity contribution in [3.63, 3.8) is 0 Å². The number of pyridine rings is 2. The molecule has 3 heterocycles. The van der Waals surface area contributed by atoms with E-state index in [0.29, 0.717) is 33.4 Å². The van der Waals surface area contributed by atoms with Gasteiger partial charge in [-0.2, -0.15) is 0 Å². The van der Waals surface area contributed by atoms with Crippen LogP contribution in [0.2, 0.25) is 10.0 Å². The molecule has 2 aromatic heterocycles. The molecule has 7 nitrogen and oxygen atoms in total. The lowest BCUT2D eigenvalue weighted by Gasteiger charge is -2.26. The van der Waals surface area contributed by atoms with Crippen molar-refractivity contribution < 1.29 is 9.53 Å². The summed E-state index contributed by atoms with van der Waals surface area (Å²) < 4.78 is 7.32. The number of aryl methyl sites for hydroxylation is 3.